The minimum atomic E-state index is 0. The molecule has 0 bridgehead atoms. The van der Waals surface area contributed by atoms with Crippen LogP contribution in [0.5, 0.6) is 11.5 Å². The molecule has 0 aliphatic heterocycles. The molecule has 0 N–H and O–H groups in total. The van der Waals surface area contributed by atoms with Gasteiger partial charge < -0.3 is 26.5 Å². The first-order valence-electron chi connectivity index (χ1n) is 6.11. The second-order valence-electron chi connectivity index (χ2n) is 4.53. The molecule has 0 fully saturated rings. The number of aromatic nitrogens is 1. The van der Waals surface area contributed by atoms with Crippen molar-refractivity contribution < 1.29 is 35.8 Å². The summed E-state index contributed by atoms with van der Waals surface area (Å²) in [4.78, 5) is 11.3. The smallest absolute Gasteiger partial charge is 0.206 e. The summed E-state index contributed by atoms with van der Waals surface area (Å²) in [6, 6.07) is 5.87. The molecule has 0 amide bonds. The molecule has 20 heavy (non-hydrogen) atoms. The summed E-state index contributed by atoms with van der Waals surface area (Å²) in [6.45, 7) is 3.97. The summed E-state index contributed by atoms with van der Waals surface area (Å²) in [5.41, 5.74) is 1.04. The third-order valence-corrected chi connectivity index (χ3v) is 3.20. The highest BCUT2D eigenvalue weighted by molar-refractivity contribution is 5.87. The maximum Gasteiger partial charge on any atom is 0.206 e. The summed E-state index contributed by atoms with van der Waals surface area (Å²) < 4.78 is 12.6. The average molecular weight is 340 g/mol. The lowest BCUT2D eigenvalue weighted by Gasteiger charge is -2.10. The molecule has 0 aliphatic rings. The van der Waals surface area contributed by atoms with E-state index in [4.69, 9.17) is 9.47 Å². The Kier molecular flexibility index (Phi) is 5.51. The highest BCUT2D eigenvalue weighted by atomic mass is 79.9. The number of ether oxygens (including phenoxy) is 2. The van der Waals surface area contributed by atoms with Crippen LogP contribution in [0.4, 0.5) is 0 Å². The fourth-order valence-corrected chi connectivity index (χ4v) is 2.19. The van der Waals surface area contributed by atoms with Crippen molar-refractivity contribution in [3.8, 4) is 11.5 Å². The van der Waals surface area contributed by atoms with Gasteiger partial charge in [0, 0.05) is 19.9 Å². The van der Waals surface area contributed by atoms with Crippen molar-refractivity contribution in [1.29, 1.82) is 0 Å². The maximum atomic E-state index is 11.3. The zero-order chi connectivity index (χ0) is 14.0. The van der Waals surface area contributed by atoms with Crippen LogP contribution in [0.15, 0.2) is 24.4 Å². The largest absolute Gasteiger partial charge is 1.00 e. The Hall–Kier alpha value is -1.62. The van der Waals surface area contributed by atoms with Gasteiger partial charge in [-0.25, -0.2) is 0 Å². The third-order valence-electron chi connectivity index (χ3n) is 3.20. The van der Waals surface area contributed by atoms with Gasteiger partial charge in [0.1, 0.15) is 0 Å². The van der Waals surface area contributed by atoms with E-state index in [0.717, 1.165) is 16.5 Å². The number of carbonyl (C=O) groups is 1. The molecule has 0 atom stereocenters. The third kappa shape index (κ3) is 3.10. The Morgan fingerprint density at radius 1 is 1.20 bits per heavy atom. The van der Waals surface area contributed by atoms with Gasteiger partial charge in [-0.15, -0.1) is 0 Å². The molecular weight excluding hydrogens is 322 g/mol. The molecule has 0 saturated heterocycles. The van der Waals surface area contributed by atoms with Gasteiger partial charge in [0.2, 0.25) is 6.54 Å². The van der Waals surface area contributed by atoms with Crippen LogP contribution in [0.25, 0.3) is 10.8 Å². The van der Waals surface area contributed by atoms with Gasteiger partial charge in [-0.05, 0) is 17.5 Å². The highest BCUT2D eigenvalue weighted by Crippen LogP contribution is 2.32. The van der Waals surface area contributed by atoms with Crippen LogP contribution < -0.4 is 31.0 Å². The lowest BCUT2D eigenvalue weighted by molar-refractivity contribution is -0.688. The number of hydrogen-bond donors (Lipinski definition) is 0. The van der Waals surface area contributed by atoms with E-state index in [1.165, 1.54) is 0 Å². The lowest BCUT2D eigenvalue weighted by atomic mass is 10.1. The van der Waals surface area contributed by atoms with E-state index in [1.54, 1.807) is 21.1 Å². The van der Waals surface area contributed by atoms with E-state index in [9.17, 15) is 4.79 Å². The molecule has 0 unspecified atom stereocenters. The summed E-state index contributed by atoms with van der Waals surface area (Å²) in [6.07, 6.45) is 1.92. The Balaban J connectivity index is 0.00000200. The zero-order valence-corrected chi connectivity index (χ0v) is 13.7. The second-order valence-corrected chi connectivity index (χ2v) is 4.53. The minimum Gasteiger partial charge on any atom is -1.00 e. The van der Waals surface area contributed by atoms with Crippen molar-refractivity contribution in [2.45, 2.75) is 20.4 Å². The van der Waals surface area contributed by atoms with Crippen molar-refractivity contribution in [2.24, 2.45) is 0 Å². The van der Waals surface area contributed by atoms with Crippen LogP contribution in [-0.4, -0.2) is 20.0 Å². The van der Waals surface area contributed by atoms with E-state index in [2.05, 4.69) is 0 Å². The first-order chi connectivity index (χ1) is 9.06. The average Bonchev–Trinajstić information content (AvgIpc) is 2.40. The topological polar surface area (TPSA) is 39.4 Å². The summed E-state index contributed by atoms with van der Waals surface area (Å²) in [5.74, 6) is 1.53. The maximum absolute atomic E-state index is 11.3. The number of halogens is 1. The Bertz CT molecular complexity index is 641. The lowest BCUT2D eigenvalue weighted by Crippen LogP contribution is -3.00. The predicted octanol–water partition coefficient (Wildman–Crippen LogP) is -0.954. The number of carbonyl (C=O) groups excluding carboxylic acids is 1. The molecule has 4 nitrogen and oxygen atoms in total. The number of nitrogens with zero attached hydrogens (tertiary/aromatic N) is 1. The van der Waals surface area contributed by atoms with E-state index >= 15 is 0 Å². The van der Waals surface area contributed by atoms with Gasteiger partial charge in [-0.2, -0.15) is 4.57 Å². The number of methoxy groups -OCH3 is 2. The second kappa shape index (κ2) is 6.70. The molecule has 2 aromatic rings. The van der Waals surface area contributed by atoms with Crippen molar-refractivity contribution in [3.05, 3.63) is 30.1 Å². The van der Waals surface area contributed by atoms with E-state index in [0.29, 0.717) is 18.0 Å². The number of ketones is 1. The predicted molar refractivity (Wildman–Crippen MR) is 72.7 cm³/mol. The summed E-state index contributed by atoms with van der Waals surface area (Å²) in [7, 11) is 3.24. The molecule has 0 spiro atoms. The van der Waals surface area contributed by atoms with Gasteiger partial charge in [-0.3, -0.25) is 4.79 Å². The van der Waals surface area contributed by atoms with Gasteiger partial charge in [0.15, 0.2) is 29.2 Å². The molecule has 0 saturated carbocycles. The first-order valence-corrected chi connectivity index (χ1v) is 6.11. The SMILES string of the molecule is COc1cc2cc[n+](CC(C)=O)c(C)c2cc1OC.[Br-]. The van der Waals surface area contributed by atoms with E-state index in [1.807, 2.05) is 35.9 Å². The number of fused-ring (bicyclic) bond motifs is 1. The molecule has 108 valence electrons. The molecular formula is C15H18BrNO3. The van der Waals surface area contributed by atoms with Crippen LogP contribution in [0.1, 0.15) is 12.6 Å². The number of hydrogen-bond acceptors (Lipinski definition) is 3. The number of pyridine rings is 1. The molecule has 5 heteroatoms. The van der Waals surface area contributed by atoms with Crippen molar-refractivity contribution in [2.75, 3.05) is 14.2 Å². The van der Waals surface area contributed by atoms with Crippen LogP contribution in [0.2, 0.25) is 0 Å². The summed E-state index contributed by atoms with van der Waals surface area (Å²) in [5, 5.41) is 2.12. The fourth-order valence-electron chi connectivity index (χ4n) is 2.19. The monoisotopic (exact) mass is 339 g/mol. The van der Waals surface area contributed by atoms with Gasteiger partial charge in [0.25, 0.3) is 0 Å². The molecule has 0 radical (unpaired) electrons. The number of aryl methyl sites for hydroxylation is 1. The van der Waals surface area contributed by atoms with Crippen molar-refractivity contribution in [1.82, 2.24) is 0 Å². The number of rotatable bonds is 4. The Morgan fingerprint density at radius 2 is 1.80 bits per heavy atom. The standard InChI is InChI=1S/C15H18NO3.BrH/c1-10(17)9-16-6-5-12-7-14(18-3)15(19-4)8-13(12)11(16)2;/h5-8H,9H2,1-4H3;1H/q+1;/p-1. The Morgan fingerprint density at radius 3 is 2.35 bits per heavy atom. The molecule has 1 aromatic heterocycles. The van der Waals surface area contributed by atoms with Crippen molar-refractivity contribution >= 4 is 16.6 Å². The number of benzene rings is 1. The van der Waals surface area contributed by atoms with E-state index < -0.39 is 0 Å². The quantitative estimate of drug-likeness (QED) is 0.674. The fraction of sp³-hybridized carbons (Fsp3) is 0.333. The normalized spacial score (nSPS) is 10.0. The van der Waals surface area contributed by atoms with Gasteiger partial charge in [0.05, 0.1) is 19.6 Å². The number of Topliss-reactive ketones (excluding diaryl/α,β-unsaturated/α-hetero) is 1. The minimum absolute atomic E-state index is 0. The van der Waals surface area contributed by atoms with Gasteiger partial charge >= 0.3 is 0 Å². The molecule has 0 aliphatic carbocycles. The van der Waals surface area contributed by atoms with E-state index in [-0.39, 0.29) is 22.8 Å². The van der Waals surface area contributed by atoms with Crippen LogP contribution >= 0.6 is 0 Å². The van der Waals surface area contributed by atoms with Crippen LogP contribution in [0, 0.1) is 6.92 Å². The highest BCUT2D eigenvalue weighted by Gasteiger charge is 2.15. The molecule has 1 aromatic carbocycles. The first kappa shape index (κ1) is 16.4. The van der Waals surface area contributed by atoms with Gasteiger partial charge in [-0.1, -0.05) is 0 Å². The molecule has 1 heterocycles. The van der Waals surface area contributed by atoms with Crippen molar-refractivity contribution in [3.63, 3.8) is 0 Å². The van der Waals surface area contributed by atoms with Crippen LogP contribution in [0.3, 0.4) is 0 Å². The van der Waals surface area contributed by atoms with Crippen LogP contribution in [-0.2, 0) is 11.3 Å². The molecule has 2 rings (SSSR count). The Labute approximate surface area is 129 Å². The zero-order valence-electron chi connectivity index (χ0n) is 12.1. The summed E-state index contributed by atoms with van der Waals surface area (Å²) >= 11 is 0.